The zero-order chi connectivity index (χ0) is 10.3. The van der Waals surface area contributed by atoms with Gasteiger partial charge in [0.1, 0.15) is 0 Å². The van der Waals surface area contributed by atoms with E-state index in [9.17, 15) is 0 Å². The third kappa shape index (κ3) is 2.10. The van der Waals surface area contributed by atoms with Gasteiger partial charge in [0.25, 0.3) is 0 Å². The maximum absolute atomic E-state index is 5.32. The summed E-state index contributed by atoms with van der Waals surface area (Å²) in [4.78, 5) is 2.65. The Morgan fingerprint density at radius 1 is 1.36 bits per heavy atom. The standard InChI is InChI=1S/C11H12S3/c1-11(2,3)14-10-8(9(10)12)7-5-4-6-13-7/h4-6H,1-3H3. The fraction of sp³-hybridized carbons (Fsp3) is 0.364. The fourth-order valence-electron chi connectivity index (χ4n) is 1.20. The monoisotopic (exact) mass is 240 g/mol. The van der Waals surface area contributed by atoms with Crippen molar-refractivity contribution in [3.8, 4) is 10.4 Å². The van der Waals surface area contributed by atoms with Crippen molar-refractivity contribution in [1.29, 1.82) is 0 Å². The molecule has 0 atom stereocenters. The van der Waals surface area contributed by atoms with Gasteiger partial charge in [0.2, 0.25) is 0 Å². The van der Waals surface area contributed by atoms with Crippen molar-refractivity contribution >= 4 is 35.3 Å². The Morgan fingerprint density at radius 2 is 2.07 bits per heavy atom. The average Bonchev–Trinajstić information content (AvgIpc) is 2.53. The van der Waals surface area contributed by atoms with E-state index in [0.717, 1.165) is 4.51 Å². The molecule has 0 N–H and O–H groups in total. The second-order valence-corrected chi connectivity index (χ2v) is 7.42. The Kier molecular flexibility index (Phi) is 2.58. The first kappa shape index (κ1) is 10.4. The van der Waals surface area contributed by atoms with Crippen LogP contribution in [0.3, 0.4) is 0 Å². The molecule has 0 nitrogen and oxygen atoms in total. The van der Waals surface area contributed by atoms with Crippen molar-refractivity contribution in [3.05, 3.63) is 22.0 Å². The molecule has 14 heavy (non-hydrogen) atoms. The molecule has 1 aromatic carbocycles. The molecule has 0 aliphatic rings. The van der Waals surface area contributed by atoms with Gasteiger partial charge in [-0.3, -0.25) is 0 Å². The summed E-state index contributed by atoms with van der Waals surface area (Å²) in [6, 6.07) is 4.22. The molecule has 1 heterocycles. The topological polar surface area (TPSA) is 0 Å². The van der Waals surface area contributed by atoms with E-state index in [1.165, 1.54) is 15.3 Å². The van der Waals surface area contributed by atoms with E-state index in [1.807, 2.05) is 11.8 Å². The predicted octanol–water partition coefficient (Wildman–Crippen LogP) is 4.91. The van der Waals surface area contributed by atoms with Gasteiger partial charge in [-0.15, -0.1) is 23.1 Å². The molecule has 0 bridgehead atoms. The first-order chi connectivity index (χ1) is 6.49. The number of rotatable bonds is 2. The molecular weight excluding hydrogens is 228 g/mol. The number of hydrogen-bond donors (Lipinski definition) is 0. The molecule has 2 rings (SSSR count). The molecule has 1 aromatic heterocycles. The zero-order valence-electron chi connectivity index (χ0n) is 8.46. The quantitative estimate of drug-likeness (QED) is 0.540. The lowest BCUT2D eigenvalue weighted by Gasteiger charge is -2.14. The Balaban J connectivity index is 2.21. The minimum atomic E-state index is 0.262. The Hall–Kier alpha value is -0.120. The summed E-state index contributed by atoms with van der Waals surface area (Å²) < 4.78 is 1.34. The van der Waals surface area contributed by atoms with Gasteiger partial charge in [-0.05, 0) is 11.4 Å². The maximum atomic E-state index is 5.32. The fourth-order valence-corrected chi connectivity index (χ4v) is 3.64. The van der Waals surface area contributed by atoms with Crippen molar-refractivity contribution in [2.75, 3.05) is 0 Å². The number of thiophene rings is 1. The highest BCUT2D eigenvalue weighted by molar-refractivity contribution is 8.01. The summed E-state index contributed by atoms with van der Waals surface area (Å²) in [7, 11) is 0. The average molecular weight is 240 g/mol. The third-order valence-corrected chi connectivity index (χ3v) is 4.42. The molecular formula is C11H12S3. The van der Waals surface area contributed by atoms with E-state index < -0.39 is 0 Å². The molecule has 0 amide bonds. The van der Waals surface area contributed by atoms with Crippen LogP contribution >= 0.6 is 35.3 Å². The van der Waals surface area contributed by atoms with Crippen LogP contribution in [0.1, 0.15) is 20.8 Å². The van der Waals surface area contributed by atoms with Gasteiger partial charge in [-0.1, -0.05) is 39.1 Å². The smallest absolute Gasteiger partial charge is 0.0618 e. The maximum Gasteiger partial charge on any atom is 0.0618 e. The van der Waals surface area contributed by atoms with Crippen LogP contribution < -0.4 is 0 Å². The van der Waals surface area contributed by atoms with E-state index >= 15 is 0 Å². The highest BCUT2D eigenvalue weighted by atomic mass is 32.2. The van der Waals surface area contributed by atoms with E-state index in [2.05, 4.69) is 38.3 Å². The number of hydrogen-bond acceptors (Lipinski definition) is 3. The van der Waals surface area contributed by atoms with Crippen molar-refractivity contribution < 1.29 is 0 Å². The van der Waals surface area contributed by atoms with Gasteiger partial charge in [0.05, 0.1) is 4.51 Å². The molecule has 0 spiro atoms. The second kappa shape index (κ2) is 3.47. The van der Waals surface area contributed by atoms with Crippen molar-refractivity contribution in [1.82, 2.24) is 0 Å². The van der Waals surface area contributed by atoms with Gasteiger partial charge < -0.3 is 0 Å². The molecule has 0 saturated heterocycles. The minimum absolute atomic E-state index is 0.262. The molecule has 0 fully saturated rings. The summed E-state index contributed by atoms with van der Waals surface area (Å²) in [5, 5.41) is 2.10. The van der Waals surface area contributed by atoms with Crippen molar-refractivity contribution in [2.24, 2.45) is 0 Å². The SMILES string of the molecule is CC(C)(C)Sc1c(-c2cccs2)c1=S. The minimum Gasteiger partial charge on any atom is -0.144 e. The lowest BCUT2D eigenvalue weighted by molar-refractivity contribution is 0.804. The second-order valence-electron chi connectivity index (χ2n) is 4.22. The summed E-state index contributed by atoms with van der Waals surface area (Å²) in [6.07, 6.45) is 0. The molecule has 3 heteroatoms. The van der Waals surface area contributed by atoms with Crippen LogP contribution in [0.5, 0.6) is 0 Å². The molecule has 0 aliphatic carbocycles. The largest absolute Gasteiger partial charge is 0.144 e. The summed E-state index contributed by atoms with van der Waals surface area (Å²) >= 11 is 8.97. The van der Waals surface area contributed by atoms with Gasteiger partial charge in [-0.25, -0.2) is 0 Å². The van der Waals surface area contributed by atoms with Gasteiger partial charge in [0.15, 0.2) is 0 Å². The predicted molar refractivity (Wildman–Crippen MR) is 68.6 cm³/mol. The molecule has 0 saturated carbocycles. The van der Waals surface area contributed by atoms with Crippen LogP contribution in [0.2, 0.25) is 0 Å². The number of thioether (sulfide) groups is 1. The first-order valence-electron chi connectivity index (χ1n) is 4.51. The van der Waals surface area contributed by atoms with Crippen molar-refractivity contribution in [2.45, 2.75) is 30.4 Å². The Morgan fingerprint density at radius 3 is 2.57 bits per heavy atom. The first-order valence-corrected chi connectivity index (χ1v) is 6.61. The Bertz CT molecular complexity index is 436. The molecule has 0 radical (unpaired) electrons. The van der Waals surface area contributed by atoms with Crippen LogP contribution in [0.25, 0.3) is 10.4 Å². The van der Waals surface area contributed by atoms with Crippen LogP contribution in [0, 0.1) is 4.51 Å². The van der Waals surface area contributed by atoms with Gasteiger partial charge in [-0.2, -0.15) is 0 Å². The zero-order valence-corrected chi connectivity index (χ0v) is 10.9. The van der Waals surface area contributed by atoms with Crippen LogP contribution in [0.15, 0.2) is 22.4 Å². The molecule has 0 unspecified atom stereocenters. The summed E-state index contributed by atoms with van der Waals surface area (Å²) in [6.45, 7) is 6.66. The molecule has 74 valence electrons. The van der Waals surface area contributed by atoms with Gasteiger partial charge >= 0.3 is 0 Å². The molecule has 0 aliphatic heterocycles. The molecule has 2 aromatic rings. The van der Waals surface area contributed by atoms with E-state index in [4.69, 9.17) is 12.2 Å². The van der Waals surface area contributed by atoms with Crippen LogP contribution in [-0.4, -0.2) is 4.75 Å². The summed E-state index contributed by atoms with van der Waals surface area (Å²) in [5.41, 5.74) is 1.31. The van der Waals surface area contributed by atoms with Crippen molar-refractivity contribution in [3.63, 3.8) is 0 Å². The third-order valence-electron chi connectivity index (χ3n) is 1.77. The van der Waals surface area contributed by atoms with Crippen LogP contribution in [-0.2, 0) is 0 Å². The van der Waals surface area contributed by atoms with E-state index in [0.29, 0.717) is 0 Å². The normalized spacial score (nSPS) is 12.5. The summed E-state index contributed by atoms with van der Waals surface area (Å²) in [5.74, 6) is 0. The van der Waals surface area contributed by atoms with Gasteiger partial charge in [0, 0.05) is 20.1 Å². The highest BCUT2D eigenvalue weighted by Crippen LogP contribution is 2.49. The highest BCUT2D eigenvalue weighted by Gasteiger charge is 2.25. The van der Waals surface area contributed by atoms with Crippen LogP contribution in [0.4, 0.5) is 0 Å². The Labute approximate surface area is 98.0 Å². The van der Waals surface area contributed by atoms with E-state index in [1.54, 1.807) is 11.3 Å². The lowest BCUT2D eigenvalue weighted by atomic mass is 10.3. The van der Waals surface area contributed by atoms with E-state index in [-0.39, 0.29) is 4.75 Å². The lowest BCUT2D eigenvalue weighted by Crippen LogP contribution is -2.05.